The van der Waals surface area contributed by atoms with Crippen LogP contribution in [0.1, 0.15) is 21.5 Å². The Kier molecular flexibility index (Phi) is 6.65. The van der Waals surface area contributed by atoms with E-state index in [4.69, 9.17) is 16.3 Å². The molecule has 1 aromatic heterocycles. The predicted molar refractivity (Wildman–Crippen MR) is 143 cm³/mol. The molecule has 0 atom stereocenters. The van der Waals surface area contributed by atoms with Crippen molar-refractivity contribution in [3.63, 3.8) is 0 Å². The molecule has 0 bridgehead atoms. The van der Waals surface area contributed by atoms with E-state index in [1.54, 1.807) is 16.7 Å². The number of carbonyl (C=O) groups excluding carboxylic acids is 2. The van der Waals surface area contributed by atoms with Crippen LogP contribution in [0.2, 0.25) is 5.02 Å². The van der Waals surface area contributed by atoms with Gasteiger partial charge in [-0.3, -0.25) is 13.9 Å². The second kappa shape index (κ2) is 9.77. The molecule has 0 fully saturated rings. The number of fused-ring (bicyclic) bond motifs is 2. The van der Waals surface area contributed by atoms with Gasteiger partial charge in [-0.05, 0) is 66.9 Å². The van der Waals surface area contributed by atoms with Crippen LogP contribution in [0.4, 0.5) is 5.69 Å². The Bertz CT molecular complexity index is 1720. The SMILES string of the molecule is COC(=O)Cn1c(=NC(=O)c2ccc(S(=O)(=O)N3CCc4ccccc43)cc2)sc2ccc(Cl)c(C)c21. The number of thiazole rings is 1. The van der Waals surface area contributed by atoms with Crippen molar-refractivity contribution in [2.75, 3.05) is 18.0 Å². The number of ether oxygens (including phenoxy) is 1. The minimum Gasteiger partial charge on any atom is -0.468 e. The molecule has 0 saturated heterocycles. The number of benzene rings is 3. The van der Waals surface area contributed by atoms with E-state index in [1.807, 2.05) is 31.2 Å². The number of hydrogen-bond donors (Lipinski definition) is 0. The number of rotatable bonds is 5. The number of aromatic nitrogens is 1. The summed E-state index contributed by atoms with van der Waals surface area (Å²) in [6, 6.07) is 16.7. The van der Waals surface area contributed by atoms with Crippen LogP contribution in [0.5, 0.6) is 0 Å². The van der Waals surface area contributed by atoms with Crippen molar-refractivity contribution in [2.24, 2.45) is 4.99 Å². The summed E-state index contributed by atoms with van der Waals surface area (Å²) in [4.78, 5) is 29.8. The topological polar surface area (TPSA) is 98.0 Å². The second-order valence-corrected chi connectivity index (χ2v) is 11.7. The lowest BCUT2D eigenvalue weighted by molar-refractivity contribution is -0.141. The number of halogens is 1. The summed E-state index contributed by atoms with van der Waals surface area (Å²) in [5.41, 5.74) is 3.33. The molecule has 8 nitrogen and oxygen atoms in total. The van der Waals surface area contributed by atoms with E-state index in [1.165, 1.54) is 47.0 Å². The molecule has 5 rings (SSSR count). The molecule has 37 heavy (non-hydrogen) atoms. The number of hydrogen-bond acceptors (Lipinski definition) is 6. The van der Waals surface area contributed by atoms with Gasteiger partial charge in [-0.1, -0.05) is 41.1 Å². The van der Waals surface area contributed by atoms with Crippen molar-refractivity contribution >= 4 is 60.7 Å². The molecule has 1 aliphatic heterocycles. The number of anilines is 1. The van der Waals surface area contributed by atoms with Crippen molar-refractivity contribution < 1.29 is 22.7 Å². The van der Waals surface area contributed by atoms with E-state index in [0.717, 1.165) is 15.8 Å². The summed E-state index contributed by atoms with van der Waals surface area (Å²) in [7, 11) is -2.49. The minimum absolute atomic E-state index is 0.0913. The van der Waals surface area contributed by atoms with Gasteiger partial charge in [-0.15, -0.1) is 0 Å². The highest BCUT2D eigenvalue weighted by molar-refractivity contribution is 7.92. The van der Waals surface area contributed by atoms with E-state index >= 15 is 0 Å². The van der Waals surface area contributed by atoms with Crippen LogP contribution in [-0.4, -0.2) is 38.5 Å². The number of para-hydroxylation sites is 1. The Balaban J connectivity index is 1.49. The van der Waals surface area contributed by atoms with Crippen molar-refractivity contribution in [2.45, 2.75) is 24.8 Å². The second-order valence-electron chi connectivity index (χ2n) is 8.46. The number of nitrogens with zero attached hydrogens (tertiary/aromatic N) is 3. The highest BCUT2D eigenvalue weighted by Gasteiger charge is 2.30. The maximum atomic E-state index is 13.3. The van der Waals surface area contributed by atoms with E-state index < -0.39 is 21.9 Å². The molecular formula is C26H22ClN3O5S2. The zero-order valence-electron chi connectivity index (χ0n) is 20.0. The minimum atomic E-state index is -3.78. The van der Waals surface area contributed by atoms with Gasteiger partial charge in [-0.25, -0.2) is 8.42 Å². The molecular weight excluding hydrogens is 534 g/mol. The van der Waals surface area contributed by atoms with Crippen LogP contribution in [0.3, 0.4) is 0 Å². The fourth-order valence-corrected chi connectivity index (χ4v) is 7.09. The molecule has 3 aromatic carbocycles. The van der Waals surface area contributed by atoms with Crippen LogP contribution in [0.15, 0.2) is 70.6 Å². The number of esters is 1. The van der Waals surface area contributed by atoms with Gasteiger partial charge in [0.15, 0.2) is 4.80 Å². The Labute approximate surface area is 222 Å². The van der Waals surface area contributed by atoms with Gasteiger partial charge in [0.1, 0.15) is 6.54 Å². The molecule has 11 heteroatoms. The molecule has 2 heterocycles. The molecule has 0 N–H and O–H groups in total. The standard InChI is InChI=1S/C26H22ClN3O5S2/c1-16-20(27)11-12-22-24(16)29(15-23(31)35-2)26(36-22)28-25(32)18-7-9-19(10-8-18)37(33,34)30-14-13-17-5-3-4-6-21(17)30/h3-12H,13-15H2,1-2H3. The fourth-order valence-electron chi connectivity index (χ4n) is 4.35. The molecule has 0 saturated carbocycles. The zero-order valence-corrected chi connectivity index (χ0v) is 22.4. The van der Waals surface area contributed by atoms with Crippen LogP contribution >= 0.6 is 22.9 Å². The van der Waals surface area contributed by atoms with Gasteiger partial charge >= 0.3 is 5.97 Å². The van der Waals surface area contributed by atoms with Crippen molar-refractivity contribution in [3.05, 3.63) is 87.2 Å². The highest BCUT2D eigenvalue weighted by atomic mass is 35.5. The number of carbonyl (C=O) groups is 2. The Morgan fingerprint density at radius 2 is 1.81 bits per heavy atom. The van der Waals surface area contributed by atoms with Crippen LogP contribution in [0.25, 0.3) is 10.2 Å². The highest BCUT2D eigenvalue weighted by Crippen LogP contribution is 2.33. The average Bonchev–Trinajstić information content (AvgIpc) is 3.48. The number of amides is 1. The summed E-state index contributed by atoms with van der Waals surface area (Å²) in [6.45, 7) is 2.06. The lowest BCUT2D eigenvalue weighted by atomic mass is 10.2. The first-order valence-corrected chi connectivity index (χ1v) is 14.0. The number of aryl methyl sites for hydroxylation is 1. The molecule has 0 radical (unpaired) electrons. The number of methoxy groups -OCH3 is 1. The van der Waals surface area contributed by atoms with Crippen LogP contribution in [0, 0.1) is 6.92 Å². The van der Waals surface area contributed by atoms with E-state index in [0.29, 0.717) is 34.0 Å². The molecule has 1 amide bonds. The molecule has 0 aliphatic carbocycles. The summed E-state index contributed by atoms with van der Waals surface area (Å²) in [6.07, 6.45) is 0.649. The molecule has 190 valence electrons. The maximum Gasteiger partial charge on any atom is 0.325 e. The van der Waals surface area contributed by atoms with E-state index in [-0.39, 0.29) is 17.0 Å². The van der Waals surface area contributed by atoms with Gasteiger partial charge < -0.3 is 9.30 Å². The summed E-state index contributed by atoms with van der Waals surface area (Å²) in [5, 5.41) is 0.527. The summed E-state index contributed by atoms with van der Waals surface area (Å²) >= 11 is 7.54. The van der Waals surface area contributed by atoms with Gasteiger partial charge in [0.2, 0.25) is 0 Å². The van der Waals surface area contributed by atoms with Crippen molar-refractivity contribution in [1.82, 2.24) is 4.57 Å². The van der Waals surface area contributed by atoms with E-state index in [2.05, 4.69) is 4.99 Å². The zero-order chi connectivity index (χ0) is 26.3. The third kappa shape index (κ3) is 4.56. The van der Waals surface area contributed by atoms with Crippen molar-refractivity contribution in [3.8, 4) is 0 Å². The van der Waals surface area contributed by atoms with Gasteiger partial charge in [0.25, 0.3) is 15.9 Å². The first-order chi connectivity index (χ1) is 17.7. The lowest BCUT2D eigenvalue weighted by Crippen LogP contribution is -2.29. The Morgan fingerprint density at radius 3 is 2.54 bits per heavy atom. The Morgan fingerprint density at radius 1 is 1.08 bits per heavy atom. The normalized spacial score (nSPS) is 13.7. The first kappa shape index (κ1) is 25.2. The lowest BCUT2D eigenvalue weighted by Gasteiger charge is -2.19. The maximum absolute atomic E-state index is 13.3. The molecule has 4 aromatic rings. The molecule has 0 unspecified atom stereocenters. The van der Waals surface area contributed by atoms with E-state index in [9.17, 15) is 18.0 Å². The molecule has 0 spiro atoms. The van der Waals surface area contributed by atoms with Gasteiger partial charge in [0.05, 0.1) is 27.9 Å². The average molecular weight is 556 g/mol. The van der Waals surface area contributed by atoms with Crippen molar-refractivity contribution in [1.29, 1.82) is 0 Å². The van der Waals surface area contributed by atoms with Gasteiger partial charge in [-0.2, -0.15) is 4.99 Å². The fraction of sp³-hybridized carbons (Fsp3) is 0.192. The van der Waals surface area contributed by atoms with Crippen LogP contribution < -0.4 is 9.11 Å². The smallest absolute Gasteiger partial charge is 0.325 e. The monoisotopic (exact) mass is 555 g/mol. The summed E-state index contributed by atoms with van der Waals surface area (Å²) in [5.74, 6) is -1.06. The largest absolute Gasteiger partial charge is 0.468 e. The van der Waals surface area contributed by atoms with Crippen LogP contribution in [-0.2, 0) is 32.5 Å². The summed E-state index contributed by atoms with van der Waals surface area (Å²) < 4.78 is 35.2. The Hall–Kier alpha value is -3.47. The molecule has 1 aliphatic rings. The first-order valence-electron chi connectivity index (χ1n) is 11.4. The van der Waals surface area contributed by atoms with Gasteiger partial charge in [0, 0.05) is 17.1 Å². The third-order valence-electron chi connectivity index (χ3n) is 6.28. The quantitative estimate of drug-likeness (QED) is 0.341. The number of sulfonamides is 1. The third-order valence-corrected chi connectivity index (χ3v) is 9.56. The predicted octanol–water partition coefficient (Wildman–Crippen LogP) is 4.33.